The molecular formula is C16H14BrFO4. The van der Waals surface area contributed by atoms with Gasteiger partial charge in [-0.3, -0.25) is 0 Å². The van der Waals surface area contributed by atoms with Crippen LogP contribution in [-0.4, -0.2) is 20.2 Å². The normalized spacial score (nSPS) is 10.2. The van der Waals surface area contributed by atoms with E-state index in [4.69, 9.17) is 9.47 Å². The van der Waals surface area contributed by atoms with E-state index in [9.17, 15) is 9.18 Å². The molecule has 0 radical (unpaired) electrons. The maximum Gasteiger partial charge on any atom is 0.337 e. The maximum absolute atomic E-state index is 13.0. The van der Waals surface area contributed by atoms with Crippen LogP contribution in [0.5, 0.6) is 11.5 Å². The van der Waals surface area contributed by atoms with Gasteiger partial charge in [-0.2, -0.15) is 0 Å². The summed E-state index contributed by atoms with van der Waals surface area (Å²) in [5.74, 6) is 0.120. The Morgan fingerprint density at radius 1 is 1.14 bits per heavy atom. The molecule has 22 heavy (non-hydrogen) atoms. The summed E-state index contributed by atoms with van der Waals surface area (Å²) in [6.07, 6.45) is 0. The minimum atomic E-state index is -0.453. The van der Waals surface area contributed by atoms with E-state index in [1.165, 1.54) is 26.4 Å². The molecule has 116 valence electrons. The molecule has 0 unspecified atom stereocenters. The summed E-state index contributed by atoms with van der Waals surface area (Å²) < 4.78 is 29.2. The summed E-state index contributed by atoms with van der Waals surface area (Å²) in [7, 11) is 2.79. The van der Waals surface area contributed by atoms with Gasteiger partial charge < -0.3 is 14.2 Å². The van der Waals surface area contributed by atoms with Gasteiger partial charge in [0.05, 0.1) is 19.8 Å². The molecule has 0 saturated carbocycles. The number of halogens is 2. The molecule has 2 aromatic rings. The molecule has 2 aromatic carbocycles. The lowest BCUT2D eigenvalue weighted by molar-refractivity contribution is 0.0600. The van der Waals surface area contributed by atoms with Gasteiger partial charge in [-0.25, -0.2) is 9.18 Å². The third-order valence-corrected chi connectivity index (χ3v) is 3.72. The Hall–Kier alpha value is -2.08. The van der Waals surface area contributed by atoms with Crippen LogP contribution in [0.1, 0.15) is 15.9 Å². The topological polar surface area (TPSA) is 44.8 Å². The largest absolute Gasteiger partial charge is 0.493 e. The van der Waals surface area contributed by atoms with Crippen LogP contribution in [0.4, 0.5) is 4.39 Å². The Kier molecular flexibility index (Phi) is 5.38. The van der Waals surface area contributed by atoms with Crippen molar-refractivity contribution in [2.24, 2.45) is 0 Å². The zero-order chi connectivity index (χ0) is 16.1. The minimum absolute atomic E-state index is 0.231. The Bertz CT molecular complexity index is 688. The Balaban J connectivity index is 2.17. The molecule has 0 amide bonds. The van der Waals surface area contributed by atoms with Crippen molar-refractivity contribution < 1.29 is 23.4 Å². The van der Waals surface area contributed by atoms with Gasteiger partial charge in [-0.05, 0) is 30.3 Å². The Morgan fingerprint density at radius 2 is 1.91 bits per heavy atom. The molecule has 0 bridgehead atoms. The molecule has 0 fully saturated rings. The zero-order valence-electron chi connectivity index (χ0n) is 12.1. The van der Waals surface area contributed by atoms with E-state index < -0.39 is 5.97 Å². The third kappa shape index (κ3) is 3.76. The average molecular weight is 369 g/mol. The molecule has 0 aliphatic heterocycles. The number of methoxy groups -OCH3 is 2. The number of benzene rings is 2. The third-order valence-electron chi connectivity index (χ3n) is 2.98. The van der Waals surface area contributed by atoms with Gasteiger partial charge in [-0.15, -0.1) is 0 Å². The number of esters is 1. The first kappa shape index (κ1) is 16.3. The highest BCUT2D eigenvalue weighted by Crippen LogP contribution is 2.30. The van der Waals surface area contributed by atoms with Crippen molar-refractivity contribution >= 4 is 21.9 Å². The van der Waals surface area contributed by atoms with Crippen molar-refractivity contribution in [3.63, 3.8) is 0 Å². The quantitative estimate of drug-likeness (QED) is 0.749. The van der Waals surface area contributed by atoms with Crippen LogP contribution in [0.15, 0.2) is 40.9 Å². The number of ether oxygens (including phenoxy) is 3. The molecule has 0 aromatic heterocycles. The lowest BCUT2D eigenvalue weighted by Crippen LogP contribution is -2.03. The first-order chi connectivity index (χ1) is 10.5. The van der Waals surface area contributed by atoms with E-state index in [1.807, 2.05) is 0 Å². The highest BCUT2D eigenvalue weighted by Gasteiger charge is 2.12. The van der Waals surface area contributed by atoms with Crippen LogP contribution in [0.2, 0.25) is 0 Å². The highest BCUT2D eigenvalue weighted by molar-refractivity contribution is 9.10. The number of carbonyl (C=O) groups is 1. The van der Waals surface area contributed by atoms with Crippen molar-refractivity contribution in [1.29, 1.82) is 0 Å². The molecule has 2 rings (SSSR count). The lowest BCUT2D eigenvalue weighted by atomic mass is 10.2. The van der Waals surface area contributed by atoms with Crippen LogP contribution in [-0.2, 0) is 11.3 Å². The summed E-state index contributed by atoms with van der Waals surface area (Å²) in [6, 6.07) is 9.12. The fourth-order valence-corrected chi connectivity index (χ4v) is 2.29. The molecule has 0 aliphatic carbocycles. The fourth-order valence-electron chi connectivity index (χ4n) is 1.83. The summed E-state index contributed by atoms with van der Waals surface area (Å²) in [5, 5.41) is 0. The molecule has 0 atom stereocenters. The first-order valence-electron chi connectivity index (χ1n) is 6.38. The number of carbonyl (C=O) groups excluding carboxylic acids is 1. The molecule has 4 nitrogen and oxygen atoms in total. The first-order valence-corrected chi connectivity index (χ1v) is 7.17. The molecule has 0 N–H and O–H groups in total. The van der Waals surface area contributed by atoms with Crippen molar-refractivity contribution in [1.82, 2.24) is 0 Å². The van der Waals surface area contributed by atoms with E-state index >= 15 is 0 Å². The van der Waals surface area contributed by atoms with E-state index in [0.29, 0.717) is 21.5 Å². The van der Waals surface area contributed by atoms with Gasteiger partial charge >= 0.3 is 5.97 Å². The van der Waals surface area contributed by atoms with Gasteiger partial charge in [0.25, 0.3) is 0 Å². The maximum atomic E-state index is 13.0. The molecule has 6 heteroatoms. The molecule has 0 saturated heterocycles. The smallest absolute Gasteiger partial charge is 0.337 e. The van der Waals surface area contributed by atoms with E-state index in [2.05, 4.69) is 20.7 Å². The number of hydrogen-bond donors (Lipinski definition) is 0. The van der Waals surface area contributed by atoms with Crippen molar-refractivity contribution in [3.8, 4) is 11.5 Å². The van der Waals surface area contributed by atoms with E-state index in [0.717, 1.165) is 5.56 Å². The molecule has 0 aliphatic rings. The standard InChI is InChI=1S/C16H14BrFO4/c1-20-15-7-10(16(19)21-2)4-6-14(15)22-9-11-3-5-12(18)8-13(11)17/h3-8H,9H2,1-2H3. The number of hydrogen-bond acceptors (Lipinski definition) is 4. The molecule has 0 spiro atoms. The van der Waals surface area contributed by atoms with Crippen LogP contribution in [0, 0.1) is 5.82 Å². The van der Waals surface area contributed by atoms with Crippen LogP contribution in [0.3, 0.4) is 0 Å². The second-order valence-electron chi connectivity index (χ2n) is 4.38. The van der Waals surface area contributed by atoms with Crippen molar-refractivity contribution in [2.45, 2.75) is 6.61 Å². The van der Waals surface area contributed by atoms with E-state index in [1.54, 1.807) is 24.3 Å². The zero-order valence-corrected chi connectivity index (χ0v) is 13.6. The summed E-state index contributed by atoms with van der Waals surface area (Å²) in [5.41, 5.74) is 1.16. The minimum Gasteiger partial charge on any atom is -0.493 e. The predicted molar refractivity (Wildman–Crippen MR) is 82.8 cm³/mol. The summed E-state index contributed by atoms with van der Waals surface area (Å²) >= 11 is 3.28. The second kappa shape index (κ2) is 7.26. The van der Waals surface area contributed by atoms with Gasteiger partial charge in [0.15, 0.2) is 11.5 Å². The lowest BCUT2D eigenvalue weighted by Gasteiger charge is -2.12. The van der Waals surface area contributed by atoms with Gasteiger partial charge in [0.2, 0.25) is 0 Å². The average Bonchev–Trinajstić information content (AvgIpc) is 2.53. The van der Waals surface area contributed by atoms with Gasteiger partial charge in [0, 0.05) is 10.0 Å². The SMILES string of the molecule is COC(=O)c1ccc(OCc2ccc(F)cc2Br)c(OC)c1. The predicted octanol–water partition coefficient (Wildman–Crippen LogP) is 3.96. The van der Waals surface area contributed by atoms with Gasteiger partial charge in [0.1, 0.15) is 12.4 Å². The molecule has 0 heterocycles. The van der Waals surface area contributed by atoms with Crippen molar-refractivity contribution in [3.05, 3.63) is 57.8 Å². The number of rotatable bonds is 5. The summed E-state index contributed by atoms with van der Waals surface area (Å²) in [6.45, 7) is 0.231. The van der Waals surface area contributed by atoms with Crippen LogP contribution in [0.25, 0.3) is 0 Å². The van der Waals surface area contributed by atoms with E-state index in [-0.39, 0.29) is 12.4 Å². The Morgan fingerprint density at radius 3 is 2.55 bits per heavy atom. The fraction of sp³-hybridized carbons (Fsp3) is 0.188. The Labute approximate surface area is 135 Å². The van der Waals surface area contributed by atoms with Crippen molar-refractivity contribution in [2.75, 3.05) is 14.2 Å². The summed E-state index contributed by atoms with van der Waals surface area (Å²) in [4.78, 5) is 11.5. The highest BCUT2D eigenvalue weighted by atomic mass is 79.9. The van der Waals surface area contributed by atoms with Gasteiger partial charge in [-0.1, -0.05) is 22.0 Å². The second-order valence-corrected chi connectivity index (χ2v) is 5.24. The van der Waals surface area contributed by atoms with Crippen LogP contribution >= 0.6 is 15.9 Å². The monoisotopic (exact) mass is 368 g/mol. The van der Waals surface area contributed by atoms with Crippen LogP contribution < -0.4 is 9.47 Å². The molecular weight excluding hydrogens is 355 g/mol.